The van der Waals surface area contributed by atoms with Gasteiger partial charge in [-0.1, -0.05) is 71.2 Å². The average Bonchev–Trinajstić information content (AvgIpc) is 2.72. The first-order valence-electron chi connectivity index (χ1n) is 10.0. The summed E-state index contributed by atoms with van der Waals surface area (Å²) in [5.41, 5.74) is 1.77. The molecule has 0 aliphatic rings. The van der Waals surface area contributed by atoms with Crippen molar-refractivity contribution in [3.63, 3.8) is 0 Å². The van der Waals surface area contributed by atoms with E-state index in [1.807, 2.05) is 38.1 Å². The molecule has 0 spiro atoms. The first-order chi connectivity index (χ1) is 14.7. The zero-order valence-electron chi connectivity index (χ0n) is 17.8. The third-order valence-corrected chi connectivity index (χ3v) is 6.87. The van der Waals surface area contributed by atoms with E-state index in [-0.39, 0.29) is 24.1 Å². The van der Waals surface area contributed by atoms with Crippen LogP contribution in [0.2, 0.25) is 10.0 Å². The third-order valence-electron chi connectivity index (χ3n) is 4.65. The number of rotatable bonds is 10. The number of halogens is 3. The molecule has 0 aliphatic carbocycles. The Morgan fingerprint density at radius 1 is 1.06 bits per heavy atom. The largest absolute Gasteiger partial charge is 0.354 e. The number of nitrogens with zero attached hydrogens (tertiary/aromatic N) is 1. The average molecular weight is 546 g/mol. The molecule has 0 unspecified atom stereocenters. The summed E-state index contributed by atoms with van der Waals surface area (Å²) in [4.78, 5) is 27.4. The molecule has 0 heterocycles. The highest BCUT2D eigenvalue weighted by molar-refractivity contribution is 9.10. The molecular formula is C23H27BrCl2N2O2S. The van der Waals surface area contributed by atoms with Gasteiger partial charge < -0.3 is 10.2 Å². The van der Waals surface area contributed by atoms with Gasteiger partial charge in [0.05, 0.1) is 5.75 Å². The van der Waals surface area contributed by atoms with Gasteiger partial charge in [-0.15, -0.1) is 11.8 Å². The maximum Gasteiger partial charge on any atom is 0.242 e. The van der Waals surface area contributed by atoms with Crippen LogP contribution in [0.5, 0.6) is 0 Å². The summed E-state index contributed by atoms with van der Waals surface area (Å²) in [5.74, 6) is 0.946. The van der Waals surface area contributed by atoms with Crippen molar-refractivity contribution in [2.24, 2.45) is 5.92 Å². The first kappa shape index (κ1) is 26.0. The number of carbonyl (C=O) groups is 2. The van der Waals surface area contributed by atoms with Crippen LogP contribution in [0.3, 0.4) is 0 Å². The number of hydrogen-bond donors (Lipinski definition) is 1. The Morgan fingerprint density at radius 3 is 2.26 bits per heavy atom. The number of benzene rings is 2. The lowest BCUT2D eigenvalue weighted by Gasteiger charge is -2.29. The van der Waals surface area contributed by atoms with E-state index in [0.29, 0.717) is 33.8 Å². The molecule has 0 saturated carbocycles. The van der Waals surface area contributed by atoms with E-state index in [1.54, 1.807) is 30.0 Å². The van der Waals surface area contributed by atoms with Crippen molar-refractivity contribution < 1.29 is 9.59 Å². The number of amides is 2. The van der Waals surface area contributed by atoms with E-state index in [4.69, 9.17) is 23.2 Å². The Kier molecular flexibility index (Phi) is 10.7. The SMILES string of the molecule is CC(C)CNC(=O)[C@@H](C)N(Cc1c(Cl)cccc1Cl)C(=O)CSCc1ccc(Br)cc1. The van der Waals surface area contributed by atoms with Gasteiger partial charge in [0.15, 0.2) is 0 Å². The van der Waals surface area contributed by atoms with Crippen molar-refractivity contribution in [3.05, 3.63) is 68.1 Å². The van der Waals surface area contributed by atoms with E-state index in [0.717, 1.165) is 10.0 Å². The van der Waals surface area contributed by atoms with Crippen LogP contribution in [-0.4, -0.2) is 35.1 Å². The zero-order chi connectivity index (χ0) is 23.0. The fraction of sp³-hybridized carbons (Fsp3) is 0.391. The Hall–Kier alpha value is -1.21. The molecule has 4 nitrogen and oxygen atoms in total. The van der Waals surface area contributed by atoms with Crippen LogP contribution >= 0.6 is 50.9 Å². The molecule has 0 fully saturated rings. The number of thioether (sulfide) groups is 1. The van der Waals surface area contributed by atoms with E-state index >= 15 is 0 Å². The Bertz CT molecular complexity index is 873. The summed E-state index contributed by atoms with van der Waals surface area (Å²) in [7, 11) is 0. The highest BCUT2D eigenvalue weighted by atomic mass is 79.9. The molecule has 8 heteroatoms. The van der Waals surface area contributed by atoms with Crippen LogP contribution in [0, 0.1) is 5.92 Å². The van der Waals surface area contributed by atoms with Gasteiger partial charge in [-0.05, 0) is 42.7 Å². The number of nitrogens with one attached hydrogen (secondary N) is 1. The van der Waals surface area contributed by atoms with Crippen LogP contribution < -0.4 is 5.32 Å². The molecule has 0 saturated heterocycles. The Morgan fingerprint density at radius 2 is 1.68 bits per heavy atom. The molecule has 0 bridgehead atoms. The van der Waals surface area contributed by atoms with Crippen molar-refractivity contribution in [1.29, 1.82) is 0 Å². The van der Waals surface area contributed by atoms with Crippen LogP contribution in [0.25, 0.3) is 0 Å². The fourth-order valence-corrected chi connectivity index (χ4v) is 4.46. The monoisotopic (exact) mass is 544 g/mol. The molecule has 168 valence electrons. The van der Waals surface area contributed by atoms with E-state index < -0.39 is 6.04 Å². The molecule has 31 heavy (non-hydrogen) atoms. The van der Waals surface area contributed by atoms with Crippen molar-refractivity contribution in [2.75, 3.05) is 12.3 Å². The normalized spacial score (nSPS) is 12.0. The first-order valence-corrected chi connectivity index (χ1v) is 12.7. The molecule has 0 aromatic heterocycles. The Labute approximate surface area is 207 Å². The molecule has 1 atom stereocenters. The standard InChI is InChI=1S/C23H27BrCl2N2O2S/c1-15(2)11-27-23(30)16(3)28(12-19-20(25)5-4-6-21(19)26)22(29)14-31-13-17-7-9-18(24)10-8-17/h4-10,15-16H,11-14H2,1-3H3,(H,27,30)/t16-/m1/s1. The molecule has 1 N–H and O–H groups in total. The summed E-state index contributed by atoms with van der Waals surface area (Å²) in [6.45, 7) is 6.51. The van der Waals surface area contributed by atoms with Crippen molar-refractivity contribution >= 4 is 62.7 Å². The Balaban J connectivity index is 2.12. The maximum atomic E-state index is 13.1. The quantitative estimate of drug-likeness (QED) is 0.388. The second kappa shape index (κ2) is 12.7. The van der Waals surface area contributed by atoms with Gasteiger partial charge in [0.25, 0.3) is 0 Å². The fourth-order valence-electron chi connectivity index (χ4n) is 2.81. The van der Waals surface area contributed by atoms with E-state index in [1.165, 1.54) is 11.8 Å². The predicted molar refractivity (Wildman–Crippen MR) is 135 cm³/mol. The third kappa shape index (κ3) is 8.33. The lowest BCUT2D eigenvalue weighted by atomic mass is 10.1. The van der Waals surface area contributed by atoms with Crippen LogP contribution in [-0.2, 0) is 21.9 Å². The van der Waals surface area contributed by atoms with Crippen LogP contribution in [0.4, 0.5) is 0 Å². The summed E-state index contributed by atoms with van der Waals surface area (Å²) in [6, 6.07) is 12.6. The molecule has 0 aliphatic heterocycles. The topological polar surface area (TPSA) is 49.4 Å². The van der Waals surface area contributed by atoms with Gasteiger partial charge in [0.2, 0.25) is 11.8 Å². The minimum atomic E-state index is -0.646. The summed E-state index contributed by atoms with van der Waals surface area (Å²) in [5, 5.41) is 3.86. The van der Waals surface area contributed by atoms with Gasteiger partial charge >= 0.3 is 0 Å². The number of carbonyl (C=O) groups excluding carboxylic acids is 2. The maximum absolute atomic E-state index is 13.1. The summed E-state index contributed by atoms with van der Waals surface area (Å²) in [6.07, 6.45) is 0. The van der Waals surface area contributed by atoms with Crippen molar-refractivity contribution in [1.82, 2.24) is 10.2 Å². The molecule has 2 rings (SSSR count). The van der Waals surface area contributed by atoms with E-state index in [2.05, 4.69) is 21.2 Å². The van der Waals surface area contributed by atoms with Crippen molar-refractivity contribution in [3.8, 4) is 0 Å². The van der Waals surface area contributed by atoms with Crippen molar-refractivity contribution in [2.45, 2.75) is 39.1 Å². The molecule has 2 aromatic carbocycles. The predicted octanol–water partition coefficient (Wildman–Crippen LogP) is 6.18. The van der Waals surface area contributed by atoms with Crippen LogP contribution in [0.1, 0.15) is 31.9 Å². The zero-order valence-corrected chi connectivity index (χ0v) is 21.7. The minimum absolute atomic E-state index is 0.134. The van der Waals surface area contributed by atoms with E-state index in [9.17, 15) is 9.59 Å². The van der Waals surface area contributed by atoms with Gasteiger partial charge in [-0.2, -0.15) is 0 Å². The van der Waals surface area contributed by atoms with Gasteiger partial charge in [0.1, 0.15) is 6.04 Å². The highest BCUT2D eigenvalue weighted by Crippen LogP contribution is 2.27. The molecule has 2 amide bonds. The lowest BCUT2D eigenvalue weighted by molar-refractivity contribution is -0.138. The van der Waals surface area contributed by atoms with Crippen LogP contribution in [0.15, 0.2) is 46.9 Å². The van der Waals surface area contributed by atoms with Gasteiger partial charge in [-0.25, -0.2) is 0 Å². The summed E-state index contributed by atoms with van der Waals surface area (Å²) < 4.78 is 1.02. The van der Waals surface area contributed by atoms with Gasteiger partial charge in [0, 0.05) is 38.9 Å². The highest BCUT2D eigenvalue weighted by Gasteiger charge is 2.27. The molecule has 2 aromatic rings. The van der Waals surface area contributed by atoms with Gasteiger partial charge in [-0.3, -0.25) is 9.59 Å². The second-order valence-corrected chi connectivity index (χ2v) is 10.4. The molecular weight excluding hydrogens is 519 g/mol. The minimum Gasteiger partial charge on any atom is -0.354 e. The second-order valence-electron chi connectivity index (χ2n) is 7.66. The summed E-state index contributed by atoms with van der Waals surface area (Å²) >= 11 is 17.6. The lowest BCUT2D eigenvalue weighted by Crippen LogP contribution is -2.48. The molecule has 0 radical (unpaired) electrons. The number of hydrogen-bond acceptors (Lipinski definition) is 3. The smallest absolute Gasteiger partial charge is 0.242 e.